The maximum Gasteiger partial charge on any atom is 0.212 e. The van der Waals surface area contributed by atoms with E-state index in [1.807, 2.05) is 37.6 Å². The molecule has 106 valence electrons. The van der Waals surface area contributed by atoms with Crippen molar-refractivity contribution in [2.75, 3.05) is 19.9 Å². The molecule has 3 N–H and O–H groups in total. The molecule has 5 heteroatoms. The zero-order valence-electron chi connectivity index (χ0n) is 11.8. The third kappa shape index (κ3) is 3.68. The first kappa shape index (κ1) is 14.3. The zero-order valence-corrected chi connectivity index (χ0v) is 11.8. The molecule has 0 aliphatic rings. The van der Waals surface area contributed by atoms with E-state index in [2.05, 4.69) is 15.3 Å². The molecule has 0 amide bonds. The molecule has 0 aliphatic heterocycles. The van der Waals surface area contributed by atoms with Crippen LogP contribution >= 0.6 is 0 Å². The number of aromatic nitrogens is 2. The Balaban J connectivity index is 2.03. The molecular formula is C15H20N4O. The van der Waals surface area contributed by atoms with Crippen molar-refractivity contribution in [3.8, 4) is 5.88 Å². The average molecular weight is 272 g/mol. The van der Waals surface area contributed by atoms with Crippen molar-refractivity contribution in [3.05, 3.63) is 47.9 Å². The first-order valence-electron chi connectivity index (χ1n) is 6.57. The van der Waals surface area contributed by atoms with Crippen molar-refractivity contribution in [2.24, 2.45) is 0 Å². The molecule has 0 saturated carbocycles. The standard InChI is InChI=1S/C15H20N4O/c1-17-13(8-12-10-18-6-5-14(12)16)7-11-3-4-15(20-2)19-9-11/h3-6,9-10,13,17H,7-8H2,1-2H3,(H2,16,18). The Hall–Kier alpha value is -2.14. The third-order valence-corrected chi connectivity index (χ3v) is 3.30. The van der Waals surface area contributed by atoms with Gasteiger partial charge in [0.15, 0.2) is 0 Å². The number of pyridine rings is 2. The molecule has 0 radical (unpaired) electrons. The lowest BCUT2D eigenvalue weighted by Gasteiger charge is -2.17. The van der Waals surface area contributed by atoms with Crippen LogP contribution in [-0.4, -0.2) is 30.2 Å². The first-order chi connectivity index (χ1) is 9.72. The van der Waals surface area contributed by atoms with Gasteiger partial charge in [-0.1, -0.05) is 6.07 Å². The van der Waals surface area contributed by atoms with Gasteiger partial charge in [-0.25, -0.2) is 4.98 Å². The molecule has 2 aromatic rings. The highest BCUT2D eigenvalue weighted by molar-refractivity contribution is 5.44. The van der Waals surface area contributed by atoms with Gasteiger partial charge in [0.05, 0.1) is 7.11 Å². The smallest absolute Gasteiger partial charge is 0.212 e. The van der Waals surface area contributed by atoms with Crippen molar-refractivity contribution < 1.29 is 4.74 Å². The molecule has 5 nitrogen and oxygen atoms in total. The van der Waals surface area contributed by atoms with E-state index in [1.165, 1.54) is 0 Å². The lowest BCUT2D eigenvalue weighted by Crippen LogP contribution is -2.30. The van der Waals surface area contributed by atoms with Crippen LogP contribution in [0.1, 0.15) is 11.1 Å². The van der Waals surface area contributed by atoms with Crippen LogP contribution in [0.25, 0.3) is 0 Å². The van der Waals surface area contributed by atoms with E-state index in [0.29, 0.717) is 5.88 Å². The Bertz CT molecular complexity index is 542. The van der Waals surface area contributed by atoms with Gasteiger partial charge in [0.2, 0.25) is 5.88 Å². The number of hydrogen-bond donors (Lipinski definition) is 2. The summed E-state index contributed by atoms with van der Waals surface area (Å²) in [6.07, 6.45) is 7.09. The van der Waals surface area contributed by atoms with Crippen LogP contribution in [0, 0.1) is 0 Å². The molecule has 20 heavy (non-hydrogen) atoms. The second-order valence-corrected chi connectivity index (χ2v) is 4.68. The summed E-state index contributed by atoms with van der Waals surface area (Å²) in [5.41, 5.74) is 8.97. The minimum Gasteiger partial charge on any atom is -0.481 e. The van der Waals surface area contributed by atoms with Gasteiger partial charge in [0.25, 0.3) is 0 Å². The van der Waals surface area contributed by atoms with Gasteiger partial charge >= 0.3 is 0 Å². The Kier molecular flexibility index (Phi) is 4.90. The summed E-state index contributed by atoms with van der Waals surface area (Å²) in [6, 6.07) is 6.02. The Morgan fingerprint density at radius 1 is 1.25 bits per heavy atom. The maximum absolute atomic E-state index is 5.96. The van der Waals surface area contributed by atoms with E-state index in [0.717, 1.165) is 29.7 Å². The topological polar surface area (TPSA) is 73.1 Å². The summed E-state index contributed by atoms with van der Waals surface area (Å²) >= 11 is 0. The largest absolute Gasteiger partial charge is 0.481 e. The van der Waals surface area contributed by atoms with Crippen LogP contribution in [0.15, 0.2) is 36.8 Å². The third-order valence-electron chi connectivity index (χ3n) is 3.30. The fourth-order valence-corrected chi connectivity index (χ4v) is 2.09. The molecule has 1 unspecified atom stereocenters. The normalized spacial score (nSPS) is 12.1. The Morgan fingerprint density at radius 2 is 2.10 bits per heavy atom. The molecule has 0 spiro atoms. The second kappa shape index (κ2) is 6.86. The van der Waals surface area contributed by atoms with E-state index >= 15 is 0 Å². The number of ether oxygens (including phenoxy) is 1. The number of nitrogens with two attached hydrogens (primary N) is 1. The monoisotopic (exact) mass is 272 g/mol. The SMILES string of the molecule is CNC(Cc1ccc(OC)nc1)Cc1cnccc1N. The zero-order chi connectivity index (χ0) is 14.4. The van der Waals surface area contributed by atoms with Gasteiger partial charge in [0.1, 0.15) is 0 Å². The summed E-state index contributed by atoms with van der Waals surface area (Å²) in [7, 11) is 3.57. The predicted molar refractivity (Wildman–Crippen MR) is 79.7 cm³/mol. The molecule has 0 bridgehead atoms. The number of rotatable bonds is 6. The summed E-state index contributed by atoms with van der Waals surface area (Å²) in [5, 5.41) is 3.31. The molecule has 0 aromatic carbocycles. The van der Waals surface area contributed by atoms with Gasteiger partial charge in [-0.2, -0.15) is 0 Å². The van der Waals surface area contributed by atoms with Crippen molar-refractivity contribution in [3.63, 3.8) is 0 Å². The lowest BCUT2D eigenvalue weighted by molar-refractivity contribution is 0.397. The molecule has 2 rings (SSSR count). The number of nitrogen functional groups attached to an aromatic ring is 1. The van der Waals surface area contributed by atoms with Crippen LogP contribution in [0.2, 0.25) is 0 Å². The highest BCUT2D eigenvalue weighted by Crippen LogP contribution is 2.14. The van der Waals surface area contributed by atoms with Crippen LogP contribution in [0.3, 0.4) is 0 Å². The number of methoxy groups -OCH3 is 1. The average Bonchev–Trinajstić information content (AvgIpc) is 2.49. The summed E-state index contributed by atoms with van der Waals surface area (Å²) in [6.45, 7) is 0. The van der Waals surface area contributed by atoms with Crippen molar-refractivity contribution >= 4 is 5.69 Å². The Morgan fingerprint density at radius 3 is 2.70 bits per heavy atom. The molecule has 0 saturated heterocycles. The van der Waals surface area contributed by atoms with Gasteiger partial charge in [-0.05, 0) is 37.1 Å². The fraction of sp³-hybridized carbons (Fsp3) is 0.333. The van der Waals surface area contributed by atoms with E-state index in [1.54, 1.807) is 13.3 Å². The molecule has 1 atom stereocenters. The number of nitrogens with zero attached hydrogens (tertiary/aromatic N) is 2. The first-order valence-corrected chi connectivity index (χ1v) is 6.57. The summed E-state index contributed by atoms with van der Waals surface area (Å²) in [4.78, 5) is 8.35. The number of likely N-dealkylation sites (N-methyl/N-ethyl adjacent to an activating group) is 1. The molecule has 2 heterocycles. The van der Waals surface area contributed by atoms with Gasteiger partial charge < -0.3 is 15.8 Å². The second-order valence-electron chi connectivity index (χ2n) is 4.68. The maximum atomic E-state index is 5.96. The van der Waals surface area contributed by atoms with Crippen molar-refractivity contribution in [1.82, 2.24) is 15.3 Å². The van der Waals surface area contributed by atoms with Gasteiger partial charge in [-0.15, -0.1) is 0 Å². The molecule has 0 fully saturated rings. The fourth-order valence-electron chi connectivity index (χ4n) is 2.09. The highest BCUT2D eigenvalue weighted by Gasteiger charge is 2.11. The minimum atomic E-state index is 0.289. The number of hydrogen-bond acceptors (Lipinski definition) is 5. The van der Waals surface area contributed by atoms with E-state index in [-0.39, 0.29) is 6.04 Å². The van der Waals surface area contributed by atoms with E-state index in [4.69, 9.17) is 10.5 Å². The number of anilines is 1. The minimum absolute atomic E-state index is 0.289. The van der Waals surface area contributed by atoms with Crippen LogP contribution < -0.4 is 15.8 Å². The van der Waals surface area contributed by atoms with Gasteiger partial charge in [0, 0.05) is 36.4 Å². The van der Waals surface area contributed by atoms with Crippen LogP contribution in [0.5, 0.6) is 5.88 Å². The van der Waals surface area contributed by atoms with Gasteiger partial charge in [-0.3, -0.25) is 4.98 Å². The number of nitrogens with one attached hydrogen (secondary N) is 1. The van der Waals surface area contributed by atoms with E-state index in [9.17, 15) is 0 Å². The predicted octanol–water partition coefficient (Wildman–Crippen LogP) is 1.44. The van der Waals surface area contributed by atoms with E-state index < -0.39 is 0 Å². The Labute approximate surface area is 119 Å². The summed E-state index contributed by atoms with van der Waals surface area (Å²) < 4.78 is 5.06. The molecule has 0 aliphatic carbocycles. The summed E-state index contributed by atoms with van der Waals surface area (Å²) in [5.74, 6) is 0.631. The van der Waals surface area contributed by atoms with Crippen LogP contribution in [-0.2, 0) is 12.8 Å². The van der Waals surface area contributed by atoms with Crippen molar-refractivity contribution in [1.29, 1.82) is 0 Å². The lowest BCUT2D eigenvalue weighted by atomic mass is 10.0. The highest BCUT2D eigenvalue weighted by atomic mass is 16.5. The quantitative estimate of drug-likeness (QED) is 0.832. The molecule has 2 aromatic heterocycles. The van der Waals surface area contributed by atoms with Crippen LogP contribution in [0.4, 0.5) is 5.69 Å². The van der Waals surface area contributed by atoms with Crippen molar-refractivity contribution in [2.45, 2.75) is 18.9 Å². The molecular weight excluding hydrogens is 252 g/mol.